The SMILES string of the molecule is CCCCCCC(C)(C)OC(C)COC(C)COC(C)CO. The molecule has 0 fully saturated rings. The Morgan fingerprint density at radius 1 is 0.864 bits per heavy atom. The van der Waals surface area contributed by atoms with E-state index in [0.717, 1.165) is 6.42 Å². The third-order valence-electron chi connectivity index (χ3n) is 3.64. The van der Waals surface area contributed by atoms with Crippen LogP contribution in [0, 0.1) is 0 Å². The Hall–Kier alpha value is -0.160. The topological polar surface area (TPSA) is 47.9 Å². The normalized spacial score (nSPS) is 16.5. The lowest BCUT2D eigenvalue weighted by Gasteiger charge is -2.30. The van der Waals surface area contributed by atoms with Crippen LogP contribution in [-0.2, 0) is 14.2 Å². The van der Waals surface area contributed by atoms with Crippen molar-refractivity contribution >= 4 is 0 Å². The fraction of sp³-hybridized carbons (Fsp3) is 1.00. The van der Waals surface area contributed by atoms with Gasteiger partial charge in [0.15, 0.2) is 0 Å². The van der Waals surface area contributed by atoms with Crippen LogP contribution in [0.2, 0.25) is 0 Å². The lowest BCUT2D eigenvalue weighted by Crippen LogP contribution is -2.33. The van der Waals surface area contributed by atoms with Crippen LogP contribution in [0.15, 0.2) is 0 Å². The van der Waals surface area contributed by atoms with Crippen LogP contribution in [0.4, 0.5) is 0 Å². The van der Waals surface area contributed by atoms with Crippen molar-refractivity contribution in [3.63, 3.8) is 0 Å². The second-order valence-electron chi connectivity index (χ2n) is 6.97. The molecule has 3 unspecified atom stereocenters. The minimum atomic E-state index is -0.137. The predicted octanol–water partition coefficient (Wildman–Crippen LogP) is 3.94. The first-order chi connectivity index (χ1) is 10.3. The highest BCUT2D eigenvalue weighted by molar-refractivity contribution is 4.70. The van der Waals surface area contributed by atoms with Crippen molar-refractivity contribution in [1.82, 2.24) is 0 Å². The van der Waals surface area contributed by atoms with Gasteiger partial charge < -0.3 is 19.3 Å². The third kappa shape index (κ3) is 12.4. The number of rotatable bonds is 14. The van der Waals surface area contributed by atoms with E-state index in [9.17, 15) is 0 Å². The van der Waals surface area contributed by atoms with Crippen LogP contribution in [0.25, 0.3) is 0 Å². The summed E-state index contributed by atoms with van der Waals surface area (Å²) in [5, 5.41) is 8.91. The van der Waals surface area contributed by atoms with Gasteiger partial charge in [0.25, 0.3) is 0 Å². The van der Waals surface area contributed by atoms with Gasteiger partial charge in [-0.25, -0.2) is 0 Å². The van der Waals surface area contributed by atoms with E-state index in [1.807, 2.05) is 13.8 Å². The largest absolute Gasteiger partial charge is 0.394 e. The maximum Gasteiger partial charge on any atom is 0.0787 e. The fourth-order valence-electron chi connectivity index (χ4n) is 2.32. The molecular weight excluding hydrogens is 280 g/mol. The summed E-state index contributed by atoms with van der Waals surface area (Å²) >= 11 is 0. The average Bonchev–Trinajstić information content (AvgIpc) is 2.46. The van der Waals surface area contributed by atoms with Gasteiger partial charge in [-0.3, -0.25) is 0 Å². The lowest BCUT2D eigenvalue weighted by molar-refractivity contribution is -0.118. The molecule has 0 radical (unpaired) electrons. The molecule has 4 nitrogen and oxygen atoms in total. The van der Waals surface area contributed by atoms with Gasteiger partial charge in [-0.05, 0) is 41.0 Å². The summed E-state index contributed by atoms with van der Waals surface area (Å²) < 4.78 is 17.3. The monoisotopic (exact) mass is 318 g/mol. The van der Waals surface area contributed by atoms with Crippen molar-refractivity contribution in [3.05, 3.63) is 0 Å². The van der Waals surface area contributed by atoms with E-state index < -0.39 is 0 Å². The number of hydrogen-bond donors (Lipinski definition) is 1. The maximum atomic E-state index is 8.91. The Kier molecular flexibility index (Phi) is 12.2. The summed E-state index contributed by atoms with van der Waals surface area (Å²) in [5.41, 5.74) is -0.0956. The summed E-state index contributed by atoms with van der Waals surface area (Å²) in [6, 6.07) is 0. The Bertz CT molecular complexity index is 255. The van der Waals surface area contributed by atoms with Crippen molar-refractivity contribution in [2.24, 2.45) is 0 Å². The molecule has 0 bridgehead atoms. The van der Waals surface area contributed by atoms with Crippen molar-refractivity contribution in [3.8, 4) is 0 Å². The summed E-state index contributed by atoms with van der Waals surface area (Å²) in [5.74, 6) is 0. The van der Waals surface area contributed by atoms with E-state index in [1.54, 1.807) is 0 Å². The summed E-state index contributed by atoms with van der Waals surface area (Å²) in [6.45, 7) is 13.5. The van der Waals surface area contributed by atoms with Gasteiger partial charge >= 0.3 is 0 Å². The van der Waals surface area contributed by atoms with E-state index >= 15 is 0 Å². The minimum absolute atomic E-state index is 0.00714. The van der Waals surface area contributed by atoms with E-state index in [4.69, 9.17) is 19.3 Å². The molecule has 3 atom stereocenters. The zero-order valence-electron chi connectivity index (χ0n) is 15.6. The summed E-state index contributed by atoms with van der Waals surface area (Å²) in [6.07, 6.45) is 6.10. The summed E-state index contributed by atoms with van der Waals surface area (Å²) in [4.78, 5) is 0. The Balaban J connectivity index is 3.83. The second-order valence-corrected chi connectivity index (χ2v) is 6.97. The van der Waals surface area contributed by atoms with E-state index in [1.165, 1.54) is 25.7 Å². The smallest absolute Gasteiger partial charge is 0.0787 e. The fourth-order valence-corrected chi connectivity index (χ4v) is 2.32. The molecule has 4 heteroatoms. The van der Waals surface area contributed by atoms with E-state index in [0.29, 0.717) is 13.2 Å². The standard InChI is InChI=1S/C18H38O4/c1-7-8-9-10-11-18(5,6)22-17(4)14-21-16(3)13-20-15(2)12-19/h15-17,19H,7-14H2,1-6H3. The van der Waals surface area contributed by atoms with E-state index in [-0.39, 0.29) is 30.5 Å². The Morgan fingerprint density at radius 2 is 1.45 bits per heavy atom. The molecule has 0 aromatic rings. The molecule has 0 aromatic heterocycles. The zero-order chi connectivity index (χ0) is 17.0. The van der Waals surface area contributed by atoms with Gasteiger partial charge in [0.2, 0.25) is 0 Å². The second kappa shape index (κ2) is 12.3. The predicted molar refractivity (Wildman–Crippen MR) is 91.3 cm³/mol. The number of aliphatic hydroxyl groups is 1. The first kappa shape index (κ1) is 21.8. The first-order valence-corrected chi connectivity index (χ1v) is 8.82. The molecule has 22 heavy (non-hydrogen) atoms. The van der Waals surface area contributed by atoms with Crippen LogP contribution < -0.4 is 0 Å². The lowest BCUT2D eigenvalue weighted by atomic mass is 9.99. The van der Waals surface area contributed by atoms with Crippen molar-refractivity contribution in [2.45, 2.75) is 97.6 Å². The molecule has 0 aliphatic heterocycles. The van der Waals surface area contributed by atoms with Crippen LogP contribution in [0.1, 0.15) is 73.6 Å². The van der Waals surface area contributed by atoms with E-state index in [2.05, 4.69) is 27.7 Å². The average molecular weight is 318 g/mol. The van der Waals surface area contributed by atoms with Gasteiger partial charge in [-0.1, -0.05) is 32.6 Å². The number of unbranched alkanes of at least 4 members (excludes halogenated alkanes) is 3. The van der Waals surface area contributed by atoms with Crippen LogP contribution >= 0.6 is 0 Å². The van der Waals surface area contributed by atoms with Crippen LogP contribution in [0.5, 0.6) is 0 Å². The molecule has 0 saturated heterocycles. The molecule has 0 heterocycles. The van der Waals surface area contributed by atoms with Gasteiger partial charge in [-0.15, -0.1) is 0 Å². The molecular formula is C18H38O4. The molecule has 0 amide bonds. The third-order valence-corrected chi connectivity index (χ3v) is 3.64. The molecule has 0 rings (SSSR count). The number of ether oxygens (including phenoxy) is 3. The molecule has 0 aliphatic rings. The highest BCUT2D eigenvalue weighted by Gasteiger charge is 2.21. The molecule has 0 saturated carbocycles. The van der Waals surface area contributed by atoms with Crippen molar-refractivity contribution < 1.29 is 19.3 Å². The highest BCUT2D eigenvalue weighted by Crippen LogP contribution is 2.21. The Morgan fingerprint density at radius 3 is 2.05 bits per heavy atom. The first-order valence-electron chi connectivity index (χ1n) is 8.82. The van der Waals surface area contributed by atoms with Gasteiger partial charge in [0.05, 0.1) is 43.7 Å². The minimum Gasteiger partial charge on any atom is -0.394 e. The van der Waals surface area contributed by atoms with Crippen molar-refractivity contribution in [1.29, 1.82) is 0 Å². The number of hydrogen-bond acceptors (Lipinski definition) is 4. The zero-order valence-corrected chi connectivity index (χ0v) is 15.6. The molecule has 134 valence electrons. The maximum absolute atomic E-state index is 8.91. The molecule has 0 aliphatic carbocycles. The highest BCUT2D eigenvalue weighted by atomic mass is 16.6. The molecule has 0 aromatic carbocycles. The van der Waals surface area contributed by atoms with Gasteiger partial charge in [-0.2, -0.15) is 0 Å². The van der Waals surface area contributed by atoms with Crippen molar-refractivity contribution in [2.75, 3.05) is 19.8 Å². The van der Waals surface area contributed by atoms with Crippen LogP contribution in [0.3, 0.4) is 0 Å². The Labute approximate surface area is 137 Å². The molecule has 1 N–H and O–H groups in total. The number of aliphatic hydroxyl groups excluding tert-OH is 1. The van der Waals surface area contributed by atoms with Gasteiger partial charge in [0, 0.05) is 0 Å². The van der Waals surface area contributed by atoms with Gasteiger partial charge in [0.1, 0.15) is 0 Å². The quantitative estimate of drug-likeness (QED) is 0.493. The molecule has 0 spiro atoms. The van der Waals surface area contributed by atoms with Crippen LogP contribution in [-0.4, -0.2) is 48.8 Å². The summed E-state index contributed by atoms with van der Waals surface area (Å²) in [7, 11) is 0.